The Kier molecular flexibility index (Phi) is 7.92. The first kappa shape index (κ1) is 26.7. The highest BCUT2D eigenvalue weighted by atomic mass is 16.5. The molecule has 5 rings (SSSR count). The van der Waals surface area contributed by atoms with Crippen LogP contribution in [0, 0.1) is 6.92 Å². The highest BCUT2D eigenvalue weighted by molar-refractivity contribution is 6.46. The maximum atomic E-state index is 13.4. The second-order valence-corrected chi connectivity index (χ2v) is 9.56. The van der Waals surface area contributed by atoms with E-state index in [0.717, 1.165) is 16.7 Å². The Morgan fingerprint density at radius 1 is 0.875 bits per heavy atom. The summed E-state index contributed by atoms with van der Waals surface area (Å²) in [6.07, 6.45) is 3.28. The lowest BCUT2D eigenvalue weighted by molar-refractivity contribution is -0.140. The summed E-state index contributed by atoms with van der Waals surface area (Å²) in [5.74, 6) is -0.611. The Bertz CT molecular complexity index is 1530. The molecule has 1 aliphatic heterocycles. The molecule has 7 nitrogen and oxygen atoms in total. The number of likely N-dealkylation sites (tertiary alicyclic amines) is 1. The zero-order valence-electron chi connectivity index (χ0n) is 22.4. The van der Waals surface area contributed by atoms with Crippen molar-refractivity contribution < 1.29 is 24.2 Å². The first-order chi connectivity index (χ1) is 19.5. The van der Waals surface area contributed by atoms with E-state index in [0.29, 0.717) is 35.8 Å². The standard InChI is InChI=1S/C33H30N2O5/c1-3-39-28-19-26(13-14-27(28)40-21-24-7-5-4-6-8-24)30-29(31(36)25-11-9-22(2)10-12-25)32(37)33(38)35(30)20-23-15-17-34-18-16-23/h4-19,30,36H,3,20-21H2,1-2H3/b31-29+. The van der Waals surface area contributed by atoms with Gasteiger partial charge in [0.15, 0.2) is 11.5 Å². The highest BCUT2D eigenvalue weighted by Crippen LogP contribution is 2.43. The molecule has 40 heavy (non-hydrogen) atoms. The largest absolute Gasteiger partial charge is 0.507 e. The lowest BCUT2D eigenvalue weighted by Gasteiger charge is -2.26. The van der Waals surface area contributed by atoms with Crippen molar-refractivity contribution in [1.82, 2.24) is 9.88 Å². The number of aryl methyl sites for hydroxylation is 1. The minimum atomic E-state index is -0.836. The second kappa shape index (κ2) is 11.9. The molecule has 0 saturated carbocycles. The number of aliphatic hydroxyl groups is 1. The Morgan fingerprint density at radius 2 is 1.60 bits per heavy atom. The average molecular weight is 535 g/mol. The number of rotatable bonds is 9. The van der Waals surface area contributed by atoms with E-state index in [-0.39, 0.29) is 17.9 Å². The van der Waals surface area contributed by atoms with Crippen LogP contribution in [-0.4, -0.2) is 33.3 Å². The number of nitrogens with zero attached hydrogens (tertiary/aromatic N) is 2. The normalized spacial score (nSPS) is 16.2. The van der Waals surface area contributed by atoms with Gasteiger partial charge in [0.05, 0.1) is 18.2 Å². The van der Waals surface area contributed by atoms with Crippen molar-refractivity contribution in [3.8, 4) is 11.5 Å². The summed E-state index contributed by atoms with van der Waals surface area (Å²) in [5, 5.41) is 11.4. The molecule has 0 aliphatic carbocycles. The quantitative estimate of drug-likeness (QED) is 0.161. The zero-order valence-corrected chi connectivity index (χ0v) is 22.4. The molecule has 1 aliphatic rings. The van der Waals surface area contributed by atoms with Crippen LogP contribution in [0.2, 0.25) is 0 Å². The number of aliphatic hydroxyl groups excluding tert-OH is 1. The Morgan fingerprint density at radius 3 is 2.30 bits per heavy atom. The molecule has 0 spiro atoms. The van der Waals surface area contributed by atoms with E-state index < -0.39 is 17.7 Å². The van der Waals surface area contributed by atoms with E-state index in [4.69, 9.17) is 9.47 Å². The maximum Gasteiger partial charge on any atom is 0.295 e. The van der Waals surface area contributed by atoms with Crippen molar-refractivity contribution in [3.63, 3.8) is 0 Å². The highest BCUT2D eigenvalue weighted by Gasteiger charge is 2.46. The molecule has 202 valence electrons. The molecule has 3 aromatic carbocycles. The molecule has 4 aromatic rings. The number of hydrogen-bond acceptors (Lipinski definition) is 6. The third-order valence-electron chi connectivity index (χ3n) is 6.79. The minimum absolute atomic E-state index is 0.0308. The van der Waals surface area contributed by atoms with Crippen molar-refractivity contribution in [3.05, 3.63) is 131 Å². The number of amides is 1. The van der Waals surface area contributed by atoms with Gasteiger partial charge in [-0.1, -0.05) is 66.2 Å². The fraction of sp³-hybridized carbons (Fsp3) is 0.182. The van der Waals surface area contributed by atoms with Crippen LogP contribution in [0.4, 0.5) is 0 Å². The van der Waals surface area contributed by atoms with Gasteiger partial charge in [0.1, 0.15) is 12.4 Å². The van der Waals surface area contributed by atoms with Gasteiger partial charge in [0.2, 0.25) is 0 Å². The topological polar surface area (TPSA) is 89.0 Å². The van der Waals surface area contributed by atoms with Gasteiger partial charge >= 0.3 is 0 Å². The lowest BCUT2D eigenvalue weighted by Crippen LogP contribution is -2.29. The number of Topliss-reactive ketones (excluding diaryl/α,β-unsaturated/α-hetero) is 1. The Hall–Kier alpha value is -4.91. The maximum absolute atomic E-state index is 13.4. The third kappa shape index (κ3) is 5.59. The van der Waals surface area contributed by atoms with Crippen molar-refractivity contribution in [2.45, 2.75) is 33.0 Å². The number of pyridine rings is 1. The first-order valence-corrected chi connectivity index (χ1v) is 13.1. The summed E-state index contributed by atoms with van der Waals surface area (Å²) < 4.78 is 12.0. The molecule has 1 unspecified atom stereocenters. The van der Waals surface area contributed by atoms with Crippen LogP contribution in [0.15, 0.2) is 103 Å². The van der Waals surface area contributed by atoms with E-state index in [1.165, 1.54) is 4.90 Å². The molecule has 1 amide bonds. The van der Waals surface area contributed by atoms with Gasteiger partial charge in [-0.3, -0.25) is 14.6 Å². The Balaban J connectivity index is 1.58. The summed E-state index contributed by atoms with van der Waals surface area (Å²) in [6.45, 7) is 4.73. The SMILES string of the molecule is CCOc1cc(C2/C(=C(\O)c3ccc(C)cc3)C(=O)C(=O)N2Cc2ccncc2)ccc1OCc1ccccc1. The molecule has 1 fully saturated rings. The van der Waals surface area contributed by atoms with Crippen LogP contribution < -0.4 is 9.47 Å². The summed E-state index contributed by atoms with van der Waals surface area (Å²) >= 11 is 0. The van der Waals surface area contributed by atoms with Crippen LogP contribution in [0.3, 0.4) is 0 Å². The van der Waals surface area contributed by atoms with E-state index in [9.17, 15) is 14.7 Å². The van der Waals surface area contributed by atoms with Crippen molar-refractivity contribution >= 4 is 17.4 Å². The van der Waals surface area contributed by atoms with E-state index in [2.05, 4.69) is 4.98 Å². The monoisotopic (exact) mass is 534 g/mol. The first-order valence-electron chi connectivity index (χ1n) is 13.1. The molecule has 0 radical (unpaired) electrons. The molecule has 1 saturated heterocycles. The molecule has 0 bridgehead atoms. The average Bonchev–Trinajstić information content (AvgIpc) is 3.22. The predicted molar refractivity (Wildman–Crippen MR) is 152 cm³/mol. The number of hydrogen-bond donors (Lipinski definition) is 1. The van der Waals surface area contributed by atoms with Crippen LogP contribution in [0.1, 0.15) is 40.8 Å². The summed E-state index contributed by atoms with van der Waals surface area (Å²) in [5.41, 5.74) is 3.95. The van der Waals surface area contributed by atoms with Gasteiger partial charge in [0.25, 0.3) is 11.7 Å². The smallest absolute Gasteiger partial charge is 0.295 e. The number of benzene rings is 3. The Labute approximate surface area is 233 Å². The van der Waals surface area contributed by atoms with Crippen LogP contribution in [0.25, 0.3) is 5.76 Å². The summed E-state index contributed by atoms with van der Waals surface area (Å²) in [6, 6.07) is 25.1. The van der Waals surface area contributed by atoms with Gasteiger partial charge < -0.3 is 19.5 Å². The fourth-order valence-corrected chi connectivity index (χ4v) is 4.76. The van der Waals surface area contributed by atoms with Crippen molar-refractivity contribution in [2.24, 2.45) is 0 Å². The van der Waals surface area contributed by atoms with Crippen LogP contribution >= 0.6 is 0 Å². The lowest BCUT2D eigenvalue weighted by atomic mass is 9.94. The molecule has 1 aromatic heterocycles. The number of ether oxygens (including phenoxy) is 2. The van der Waals surface area contributed by atoms with E-state index in [1.807, 2.05) is 56.3 Å². The molecule has 7 heteroatoms. The molecule has 2 heterocycles. The van der Waals surface area contributed by atoms with Crippen LogP contribution in [0.5, 0.6) is 11.5 Å². The van der Waals surface area contributed by atoms with Crippen molar-refractivity contribution in [2.75, 3.05) is 6.61 Å². The van der Waals surface area contributed by atoms with E-state index in [1.54, 1.807) is 54.9 Å². The van der Waals surface area contributed by atoms with Gasteiger partial charge in [-0.05, 0) is 54.8 Å². The third-order valence-corrected chi connectivity index (χ3v) is 6.79. The molecular formula is C33H30N2O5. The predicted octanol–water partition coefficient (Wildman–Crippen LogP) is 5.99. The van der Waals surface area contributed by atoms with Gasteiger partial charge in [-0.25, -0.2) is 0 Å². The number of carbonyl (C=O) groups excluding carboxylic acids is 2. The van der Waals surface area contributed by atoms with Crippen LogP contribution in [-0.2, 0) is 22.7 Å². The zero-order chi connectivity index (χ0) is 28.1. The van der Waals surface area contributed by atoms with Gasteiger partial charge in [0, 0.05) is 24.5 Å². The summed E-state index contributed by atoms with van der Waals surface area (Å²) in [4.78, 5) is 32.4. The number of carbonyl (C=O) groups is 2. The van der Waals surface area contributed by atoms with Crippen molar-refractivity contribution in [1.29, 1.82) is 0 Å². The molecule has 1 N–H and O–H groups in total. The second-order valence-electron chi connectivity index (χ2n) is 9.56. The molecular weight excluding hydrogens is 504 g/mol. The fourth-order valence-electron chi connectivity index (χ4n) is 4.76. The number of ketones is 1. The number of aromatic nitrogens is 1. The minimum Gasteiger partial charge on any atom is -0.507 e. The summed E-state index contributed by atoms with van der Waals surface area (Å²) in [7, 11) is 0. The molecule has 1 atom stereocenters. The van der Waals surface area contributed by atoms with E-state index >= 15 is 0 Å². The van der Waals surface area contributed by atoms with Gasteiger partial charge in [-0.2, -0.15) is 0 Å². The van der Waals surface area contributed by atoms with Gasteiger partial charge in [-0.15, -0.1) is 0 Å².